The zero-order valence-corrected chi connectivity index (χ0v) is 23.4. The van der Waals surface area contributed by atoms with E-state index in [0.29, 0.717) is 45.6 Å². The number of phenols is 6. The number of hydrogen-bond donors (Lipinski definition) is 7. The van der Waals surface area contributed by atoms with Gasteiger partial charge >= 0.3 is 0 Å². The summed E-state index contributed by atoms with van der Waals surface area (Å²) in [5.74, 6) is -3.57. The van der Waals surface area contributed by atoms with Crippen LogP contribution in [-0.4, -0.2) is 54.8 Å². The van der Waals surface area contributed by atoms with E-state index in [4.69, 9.17) is 9.90 Å². The molecule has 10 heteroatoms. The second-order valence-corrected chi connectivity index (χ2v) is 10.4. The van der Waals surface area contributed by atoms with E-state index in [2.05, 4.69) is 0 Å². The standard InChI is InChI=1S/C30H30O8.CH2O2/c1-11(2)19-15-7-13(5)21(27(35)23(15)17(9-31)25(33)29(19)37)22-14(6)8-16-20(12(3)4)30(38)26(34)18(10-32)24(16)28(22)36;2-1-3/h7-12,33-38H,1-6H3;1H,(H,2,3). The number of carbonyl (C=O) groups excluding carboxylic acids is 2. The third-order valence-corrected chi connectivity index (χ3v) is 7.22. The number of rotatable bonds is 5. The lowest BCUT2D eigenvalue weighted by molar-refractivity contribution is -0.122. The van der Waals surface area contributed by atoms with Crippen LogP contribution >= 0.6 is 0 Å². The molecule has 0 unspecified atom stereocenters. The lowest BCUT2D eigenvalue weighted by Gasteiger charge is -2.23. The maximum absolute atomic E-state index is 12.0. The minimum Gasteiger partial charge on any atom is -0.507 e. The van der Waals surface area contributed by atoms with Gasteiger partial charge in [-0.1, -0.05) is 39.8 Å². The third kappa shape index (κ3) is 4.61. The van der Waals surface area contributed by atoms with Crippen LogP contribution in [0.1, 0.15) is 82.5 Å². The van der Waals surface area contributed by atoms with E-state index in [-0.39, 0.29) is 51.3 Å². The van der Waals surface area contributed by atoms with Crippen molar-refractivity contribution < 1.29 is 50.1 Å². The number of benzene rings is 4. The largest absolute Gasteiger partial charge is 0.507 e. The van der Waals surface area contributed by atoms with E-state index >= 15 is 0 Å². The molecule has 7 N–H and O–H groups in total. The van der Waals surface area contributed by atoms with Crippen LogP contribution in [-0.2, 0) is 4.79 Å². The summed E-state index contributed by atoms with van der Waals surface area (Å²) in [6.45, 7) is 10.3. The van der Waals surface area contributed by atoms with Gasteiger partial charge in [0, 0.05) is 33.0 Å². The number of aldehydes is 2. The topological polar surface area (TPSA) is 193 Å². The van der Waals surface area contributed by atoms with Gasteiger partial charge in [0.2, 0.25) is 0 Å². The van der Waals surface area contributed by atoms with Gasteiger partial charge in [-0.05, 0) is 47.6 Å². The molecule has 216 valence electrons. The van der Waals surface area contributed by atoms with Gasteiger partial charge < -0.3 is 35.7 Å². The van der Waals surface area contributed by atoms with Crippen LogP contribution in [0.25, 0.3) is 32.7 Å². The number of carboxylic acid groups (broad SMARTS) is 1. The van der Waals surface area contributed by atoms with Crippen molar-refractivity contribution in [3.8, 4) is 45.6 Å². The van der Waals surface area contributed by atoms with Crippen LogP contribution in [0.2, 0.25) is 0 Å². The molecule has 4 rings (SSSR count). The molecular weight excluding hydrogens is 532 g/mol. The van der Waals surface area contributed by atoms with Gasteiger partial charge in [0.05, 0.1) is 11.1 Å². The second kappa shape index (κ2) is 11.2. The average molecular weight is 565 g/mol. The first-order valence-electron chi connectivity index (χ1n) is 12.7. The third-order valence-electron chi connectivity index (χ3n) is 7.22. The Morgan fingerprint density at radius 1 is 0.561 bits per heavy atom. The second-order valence-electron chi connectivity index (χ2n) is 10.4. The molecule has 0 bridgehead atoms. The van der Waals surface area contributed by atoms with Crippen LogP contribution in [0.15, 0.2) is 12.1 Å². The molecule has 0 fully saturated rings. The van der Waals surface area contributed by atoms with Crippen molar-refractivity contribution in [1.29, 1.82) is 0 Å². The summed E-state index contributed by atoms with van der Waals surface area (Å²) in [5, 5.41) is 73.3. The first-order valence-corrected chi connectivity index (χ1v) is 12.7. The zero-order chi connectivity index (χ0) is 31.1. The maximum Gasteiger partial charge on any atom is 0.290 e. The SMILES string of the molecule is Cc1cc2c(C(C)C)c(O)c(O)c(C=O)c2c(O)c1-c1c(C)cc2c(C(C)C)c(O)c(O)c(C=O)c2c1O.O=CO. The first-order chi connectivity index (χ1) is 19.2. The summed E-state index contributed by atoms with van der Waals surface area (Å²) < 4.78 is 0. The fraction of sp³-hybridized carbons (Fsp3) is 0.258. The van der Waals surface area contributed by atoms with Crippen LogP contribution in [0.3, 0.4) is 0 Å². The van der Waals surface area contributed by atoms with E-state index in [1.165, 1.54) is 0 Å². The number of phenolic OH excluding ortho intramolecular Hbond substituents is 6. The Morgan fingerprint density at radius 3 is 1.10 bits per heavy atom. The summed E-state index contributed by atoms with van der Waals surface area (Å²) in [7, 11) is 0. The van der Waals surface area contributed by atoms with Crippen LogP contribution in [0, 0.1) is 13.8 Å². The smallest absolute Gasteiger partial charge is 0.290 e. The van der Waals surface area contributed by atoms with Gasteiger partial charge in [0.15, 0.2) is 35.6 Å². The molecule has 0 aliphatic carbocycles. The number of fused-ring (bicyclic) bond motifs is 2. The van der Waals surface area contributed by atoms with Crippen molar-refractivity contribution >= 4 is 40.6 Å². The van der Waals surface area contributed by atoms with Crippen LogP contribution in [0.4, 0.5) is 0 Å². The Morgan fingerprint density at radius 2 is 0.854 bits per heavy atom. The highest BCUT2D eigenvalue weighted by Gasteiger charge is 2.29. The minimum atomic E-state index is -0.661. The molecule has 0 saturated carbocycles. The van der Waals surface area contributed by atoms with Gasteiger partial charge in [-0.25, -0.2) is 0 Å². The summed E-state index contributed by atoms with van der Waals surface area (Å²) in [6, 6.07) is 3.31. The number of aromatic hydroxyl groups is 6. The summed E-state index contributed by atoms with van der Waals surface area (Å²) in [4.78, 5) is 32.4. The predicted molar refractivity (Wildman–Crippen MR) is 154 cm³/mol. The molecular formula is C31H32O10. The Bertz CT molecular complexity index is 1610. The normalized spacial score (nSPS) is 11.1. The van der Waals surface area contributed by atoms with Gasteiger partial charge in [-0.15, -0.1) is 0 Å². The molecule has 0 aliphatic rings. The number of hydrogen-bond acceptors (Lipinski definition) is 9. The number of carbonyl (C=O) groups is 3. The summed E-state index contributed by atoms with van der Waals surface area (Å²) in [6.07, 6.45) is 0.682. The average Bonchev–Trinajstić information content (AvgIpc) is 2.88. The van der Waals surface area contributed by atoms with Crippen molar-refractivity contribution in [2.24, 2.45) is 0 Å². The molecule has 0 aliphatic heterocycles. The Hall–Kier alpha value is -4.99. The predicted octanol–water partition coefficient (Wildman–Crippen LogP) is 6.08. The fourth-order valence-corrected chi connectivity index (χ4v) is 5.60. The van der Waals surface area contributed by atoms with Crippen molar-refractivity contribution in [1.82, 2.24) is 0 Å². The molecule has 41 heavy (non-hydrogen) atoms. The number of aryl methyl sites for hydroxylation is 2. The van der Waals surface area contributed by atoms with Crippen molar-refractivity contribution in [2.75, 3.05) is 0 Å². The minimum absolute atomic E-state index is 0.00512. The fourth-order valence-electron chi connectivity index (χ4n) is 5.60. The van der Waals surface area contributed by atoms with E-state index < -0.39 is 34.5 Å². The van der Waals surface area contributed by atoms with Crippen molar-refractivity contribution in [3.05, 3.63) is 45.5 Å². The molecule has 0 radical (unpaired) electrons. The molecule has 0 amide bonds. The molecule has 0 aromatic heterocycles. The molecule has 4 aromatic carbocycles. The van der Waals surface area contributed by atoms with E-state index in [1.54, 1.807) is 53.7 Å². The van der Waals surface area contributed by atoms with Gasteiger partial charge in [0.25, 0.3) is 6.47 Å². The molecule has 0 heterocycles. The molecule has 4 aromatic rings. The molecule has 0 spiro atoms. The first kappa shape index (κ1) is 30.6. The van der Waals surface area contributed by atoms with Gasteiger partial charge in [0.1, 0.15) is 11.5 Å². The van der Waals surface area contributed by atoms with E-state index in [9.17, 15) is 40.2 Å². The molecule has 10 nitrogen and oxygen atoms in total. The van der Waals surface area contributed by atoms with Gasteiger partial charge in [-0.3, -0.25) is 14.4 Å². The monoisotopic (exact) mass is 564 g/mol. The lowest BCUT2D eigenvalue weighted by Crippen LogP contribution is -2.01. The van der Waals surface area contributed by atoms with Crippen molar-refractivity contribution in [2.45, 2.75) is 53.4 Å². The highest BCUT2D eigenvalue weighted by Crippen LogP contribution is 2.54. The Kier molecular flexibility index (Phi) is 8.38. The van der Waals surface area contributed by atoms with E-state index in [0.717, 1.165) is 0 Å². The van der Waals surface area contributed by atoms with Gasteiger partial charge in [-0.2, -0.15) is 0 Å². The quantitative estimate of drug-likeness (QED) is 0.110. The van der Waals surface area contributed by atoms with Crippen LogP contribution < -0.4 is 0 Å². The Labute approximate surface area is 235 Å². The van der Waals surface area contributed by atoms with E-state index in [1.807, 2.05) is 0 Å². The molecule has 0 saturated heterocycles. The van der Waals surface area contributed by atoms with Crippen LogP contribution in [0.5, 0.6) is 34.5 Å². The Balaban J connectivity index is 0.00000147. The highest BCUT2D eigenvalue weighted by molar-refractivity contribution is 6.14. The van der Waals surface area contributed by atoms with Crippen molar-refractivity contribution in [3.63, 3.8) is 0 Å². The summed E-state index contributed by atoms with van der Waals surface area (Å²) in [5.41, 5.74) is 1.33. The molecule has 0 atom stereocenters. The maximum atomic E-state index is 12.0. The highest BCUT2D eigenvalue weighted by atomic mass is 16.3. The zero-order valence-electron chi connectivity index (χ0n) is 23.4. The lowest BCUT2D eigenvalue weighted by atomic mass is 9.83. The summed E-state index contributed by atoms with van der Waals surface area (Å²) >= 11 is 0.